The van der Waals surface area contributed by atoms with Crippen LogP contribution in [0.3, 0.4) is 0 Å². The van der Waals surface area contributed by atoms with Gasteiger partial charge in [-0.1, -0.05) is 0 Å². The monoisotopic (exact) mass is 277 g/mol. The highest BCUT2D eigenvalue weighted by Gasteiger charge is 2.13. The van der Waals surface area contributed by atoms with E-state index in [1.807, 2.05) is 0 Å². The third kappa shape index (κ3) is 4.23. The van der Waals surface area contributed by atoms with Crippen molar-refractivity contribution in [1.29, 1.82) is 0 Å². The summed E-state index contributed by atoms with van der Waals surface area (Å²) in [5, 5.41) is 6.09. The van der Waals surface area contributed by atoms with E-state index in [1.54, 1.807) is 6.07 Å². The second-order valence-electron chi connectivity index (χ2n) is 3.53. The van der Waals surface area contributed by atoms with Crippen molar-refractivity contribution in [2.24, 2.45) is 0 Å². The second-order valence-corrected chi connectivity index (χ2v) is 6.84. The van der Waals surface area contributed by atoms with E-state index in [0.717, 1.165) is 0 Å². The van der Waals surface area contributed by atoms with Crippen molar-refractivity contribution < 1.29 is 13.2 Å². The summed E-state index contributed by atoms with van der Waals surface area (Å²) in [6, 6.07) is 1.62. The van der Waals surface area contributed by atoms with Crippen molar-refractivity contribution in [3.05, 3.63) is 10.9 Å². The van der Waals surface area contributed by atoms with Gasteiger partial charge in [-0.25, -0.2) is 8.42 Å². The van der Waals surface area contributed by atoms with Crippen LogP contribution in [0.25, 0.3) is 0 Å². The molecule has 0 aliphatic heterocycles. The smallest absolute Gasteiger partial charge is 0.263 e. The van der Waals surface area contributed by atoms with Crippen LogP contribution in [0.15, 0.2) is 6.07 Å². The van der Waals surface area contributed by atoms with Gasteiger partial charge in [-0.05, 0) is 6.07 Å². The molecule has 1 heterocycles. The number of nitrogens with two attached hydrogens (primary N) is 1. The number of carbonyl (C=O) groups is 1. The van der Waals surface area contributed by atoms with Gasteiger partial charge in [-0.15, -0.1) is 11.3 Å². The molecule has 17 heavy (non-hydrogen) atoms. The van der Waals surface area contributed by atoms with E-state index in [4.69, 9.17) is 5.73 Å². The molecule has 0 fully saturated rings. The molecule has 0 aliphatic carbocycles. The van der Waals surface area contributed by atoms with Crippen molar-refractivity contribution in [3.63, 3.8) is 0 Å². The van der Waals surface area contributed by atoms with Crippen molar-refractivity contribution in [3.8, 4) is 0 Å². The van der Waals surface area contributed by atoms with Crippen molar-refractivity contribution in [2.45, 2.75) is 0 Å². The lowest BCUT2D eigenvalue weighted by Gasteiger charge is -2.01. The first-order chi connectivity index (χ1) is 7.83. The molecule has 0 aliphatic rings. The summed E-state index contributed by atoms with van der Waals surface area (Å²) in [4.78, 5) is 11.8. The Labute approximate surface area is 104 Å². The topological polar surface area (TPSA) is 101 Å². The third-order valence-electron chi connectivity index (χ3n) is 1.97. The van der Waals surface area contributed by atoms with E-state index in [-0.39, 0.29) is 11.7 Å². The molecule has 8 heteroatoms. The van der Waals surface area contributed by atoms with Gasteiger partial charge in [0.15, 0.2) is 0 Å². The molecule has 1 amide bonds. The minimum Gasteiger partial charge on any atom is -0.397 e. The Bertz CT molecular complexity index is 508. The van der Waals surface area contributed by atoms with Gasteiger partial charge in [0.25, 0.3) is 5.91 Å². The van der Waals surface area contributed by atoms with Gasteiger partial charge >= 0.3 is 0 Å². The third-order valence-corrected chi connectivity index (χ3v) is 4.02. The maximum atomic E-state index is 11.4. The van der Waals surface area contributed by atoms with Crippen LogP contribution in [0.1, 0.15) is 9.67 Å². The molecule has 1 rings (SSSR count). The SMILES string of the molecule is CNC(=O)c1sc(NCCS(C)(=O)=O)cc1N. The highest BCUT2D eigenvalue weighted by Crippen LogP contribution is 2.28. The summed E-state index contributed by atoms with van der Waals surface area (Å²) < 4.78 is 21.8. The zero-order valence-corrected chi connectivity index (χ0v) is 11.2. The minimum atomic E-state index is -2.99. The van der Waals surface area contributed by atoms with Gasteiger partial charge in [0.1, 0.15) is 14.7 Å². The second kappa shape index (κ2) is 5.37. The maximum Gasteiger partial charge on any atom is 0.263 e. The average molecular weight is 277 g/mol. The van der Waals surface area contributed by atoms with Crippen LogP contribution in [0.4, 0.5) is 10.7 Å². The minimum absolute atomic E-state index is 0.0418. The number of rotatable bonds is 5. The molecule has 1 aromatic rings. The van der Waals surface area contributed by atoms with Crippen LogP contribution in [0, 0.1) is 0 Å². The normalized spacial score (nSPS) is 11.2. The van der Waals surface area contributed by atoms with Crippen LogP contribution in [0.2, 0.25) is 0 Å². The van der Waals surface area contributed by atoms with Gasteiger partial charge in [0.05, 0.1) is 16.4 Å². The summed E-state index contributed by atoms with van der Waals surface area (Å²) in [7, 11) is -1.46. The zero-order chi connectivity index (χ0) is 13.1. The molecule has 1 aromatic heterocycles. The number of nitrogen functional groups attached to an aromatic ring is 1. The molecule has 0 bridgehead atoms. The fourth-order valence-corrected chi connectivity index (χ4v) is 2.57. The Morgan fingerprint density at radius 3 is 2.71 bits per heavy atom. The lowest BCUT2D eigenvalue weighted by Crippen LogP contribution is -2.17. The Hall–Kier alpha value is -1.28. The predicted molar refractivity (Wildman–Crippen MR) is 70.3 cm³/mol. The predicted octanol–water partition coefficient (Wildman–Crippen LogP) is 0.146. The Kier molecular flexibility index (Phi) is 4.35. The van der Waals surface area contributed by atoms with Gasteiger partial charge in [0.2, 0.25) is 0 Å². The molecular weight excluding hydrogens is 262 g/mol. The number of hydrogen-bond donors (Lipinski definition) is 3. The largest absolute Gasteiger partial charge is 0.397 e. The van der Waals surface area contributed by atoms with Crippen LogP contribution >= 0.6 is 11.3 Å². The summed E-state index contributed by atoms with van der Waals surface area (Å²) >= 11 is 1.20. The quantitative estimate of drug-likeness (QED) is 0.711. The van der Waals surface area contributed by atoms with E-state index in [1.165, 1.54) is 24.6 Å². The summed E-state index contributed by atoms with van der Waals surface area (Å²) in [5.74, 6) is -0.205. The molecule has 0 radical (unpaired) electrons. The molecule has 6 nitrogen and oxygen atoms in total. The standard InChI is InChI=1S/C9H15N3O3S2/c1-11-9(13)8-6(10)5-7(16-8)12-3-4-17(2,14)15/h5,12H,3-4,10H2,1-2H3,(H,11,13). The summed E-state index contributed by atoms with van der Waals surface area (Å²) in [6.45, 7) is 0.298. The van der Waals surface area contributed by atoms with Gasteiger partial charge in [-0.3, -0.25) is 4.79 Å². The van der Waals surface area contributed by atoms with E-state index < -0.39 is 9.84 Å². The number of sulfone groups is 1. The van der Waals surface area contributed by atoms with Crippen LogP contribution < -0.4 is 16.4 Å². The van der Waals surface area contributed by atoms with Crippen LogP contribution in [0.5, 0.6) is 0 Å². The highest BCUT2D eigenvalue weighted by molar-refractivity contribution is 7.90. The Morgan fingerprint density at radius 1 is 1.53 bits per heavy atom. The molecule has 0 atom stereocenters. The fourth-order valence-electron chi connectivity index (χ4n) is 1.14. The Morgan fingerprint density at radius 2 is 2.18 bits per heavy atom. The number of hydrogen-bond acceptors (Lipinski definition) is 6. The van der Waals surface area contributed by atoms with Gasteiger partial charge in [-0.2, -0.15) is 0 Å². The number of nitrogens with one attached hydrogen (secondary N) is 2. The van der Waals surface area contributed by atoms with Crippen molar-refractivity contribution >= 4 is 37.8 Å². The number of carbonyl (C=O) groups excluding carboxylic acids is 1. The summed E-state index contributed by atoms with van der Waals surface area (Å²) in [6.07, 6.45) is 1.17. The molecule has 96 valence electrons. The van der Waals surface area contributed by atoms with E-state index in [0.29, 0.717) is 22.1 Å². The number of amides is 1. The molecule has 0 saturated carbocycles. The fraction of sp³-hybridized carbons (Fsp3) is 0.444. The molecule has 4 N–H and O–H groups in total. The van der Waals surface area contributed by atoms with E-state index >= 15 is 0 Å². The van der Waals surface area contributed by atoms with Gasteiger partial charge in [0, 0.05) is 19.8 Å². The molecule has 0 unspecified atom stereocenters. The van der Waals surface area contributed by atoms with Crippen molar-refractivity contribution in [1.82, 2.24) is 5.32 Å². The maximum absolute atomic E-state index is 11.4. The highest BCUT2D eigenvalue weighted by atomic mass is 32.2. The number of anilines is 2. The Balaban J connectivity index is 2.65. The molecule has 0 saturated heterocycles. The molecule has 0 spiro atoms. The molecular formula is C9H15N3O3S2. The average Bonchev–Trinajstić information content (AvgIpc) is 2.57. The summed E-state index contributed by atoms with van der Waals surface area (Å²) in [5.41, 5.74) is 6.05. The van der Waals surface area contributed by atoms with Crippen molar-refractivity contribution in [2.75, 3.05) is 36.7 Å². The lowest BCUT2D eigenvalue weighted by atomic mass is 10.4. The van der Waals surface area contributed by atoms with E-state index in [9.17, 15) is 13.2 Å². The first-order valence-corrected chi connectivity index (χ1v) is 7.74. The van der Waals surface area contributed by atoms with Crippen LogP contribution in [-0.2, 0) is 9.84 Å². The van der Waals surface area contributed by atoms with E-state index in [2.05, 4.69) is 10.6 Å². The zero-order valence-electron chi connectivity index (χ0n) is 9.61. The first kappa shape index (κ1) is 13.8. The lowest BCUT2D eigenvalue weighted by molar-refractivity contribution is 0.0968. The number of thiophene rings is 1. The van der Waals surface area contributed by atoms with Gasteiger partial charge < -0.3 is 16.4 Å². The first-order valence-electron chi connectivity index (χ1n) is 4.86. The van der Waals surface area contributed by atoms with Crippen LogP contribution in [-0.4, -0.2) is 39.9 Å². The molecule has 0 aromatic carbocycles.